The Bertz CT molecular complexity index is 711. The molecule has 0 aliphatic rings. The molecule has 3 aromatic rings. The Labute approximate surface area is 133 Å². The number of thiophene rings is 1. The summed E-state index contributed by atoms with van der Waals surface area (Å²) in [5.41, 5.74) is 2.60. The lowest BCUT2D eigenvalue weighted by Crippen LogP contribution is -1.89. The van der Waals surface area contributed by atoms with Crippen LogP contribution in [0.25, 0.3) is 10.8 Å². The molecule has 0 fully saturated rings. The van der Waals surface area contributed by atoms with Crippen molar-refractivity contribution in [2.45, 2.75) is 11.8 Å². The van der Waals surface area contributed by atoms with Crippen LogP contribution in [0.5, 0.6) is 0 Å². The minimum absolute atomic E-state index is 0.257. The Hall–Kier alpha value is -0.640. The highest BCUT2D eigenvalue weighted by Crippen LogP contribution is 2.39. The molecule has 19 heavy (non-hydrogen) atoms. The van der Waals surface area contributed by atoms with E-state index in [0.29, 0.717) is 0 Å². The fraction of sp³-hybridized carbons (Fsp3) is 0.125. The number of hydrogen-bond acceptors (Lipinski definition) is 1. The second-order valence-electron chi connectivity index (χ2n) is 4.57. The number of rotatable bonds is 2. The van der Waals surface area contributed by atoms with Crippen molar-refractivity contribution in [2.75, 3.05) is 0 Å². The number of benzene rings is 2. The zero-order valence-electron chi connectivity index (χ0n) is 10.4. The lowest BCUT2D eigenvalue weighted by molar-refractivity contribution is 1.23. The highest BCUT2D eigenvalue weighted by molar-refractivity contribution is 9.11. The summed E-state index contributed by atoms with van der Waals surface area (Å²) in [6, 6.07) is 17.4. The molecule has 1 aromatic heterocycles. The SMILES string of the molecule is Cc1cc(C(Br)c2ccc3ccccc3c2)sc1Br. The van der Waals surface area contributed by atoms with E-state index >= 15 is 0 Å². The van der Waals surface area contributed by atoms with Gasteiger partial charge < -0.3 is 0 Å². The molecule has 3 heteroatoms. The second-order valence-corrected chi connectivity index (χ2v) is 7.89. The number of aryl methyl sites for hydroxylation is 1. The van der Waals surface area contributed by atoms with Gasteiger partial charge in [0.2, 0.25) is 0 Å². The molecule has 1 heterocycles. The Morgan fingerprint density at radius 1 is 1.00 bits per heavy atom. The average Bonchev–Trinajstić information content (AvgIpc) is 2.77. The van der Waals surface area contributed by atoms with Crippen molar-refractivity contribution < 1.29 is 0 Å². The van der Waals surface area contributed by atoms with E-state index in [2.05, 4.69) is 87.3 Å². The molecule has 1 unspecified atom stereocenters. The van der Waals surface area contributed by atoms with Crippen LogP contribution >= 0.6 is 43.2 Å². The van der Waals surface area contributed by atoms with Crippen LogP contribution in [0.2, 0.25) is 0 Å². The molecule has 0 N–H and O–H groups in total. The molecule has 0 bridgehead atoms. The van der Waals surface area contributed by atoms with E-state index in [-0.39, 0.29) is 4.83 Å². The third-order valence-corrected chi connectivity index (χ3v) is 6.72. The highest BCUT2D eigenvalue weighted by atomic mass is 79.9. The quantitative estimate of drug-likeness (QED) is 0.437. The van der Waals surface area contributed by atoms with Crippen LogP contribution in [0.3, 0.4) is 0 Å². The van der Waals surface area contributed by atoms with E-state index in [1.165, 1.54) is 30.6 Å². The molecule has 3 rings (SSSR count). The summed E-state index contributed by atoms with van der Waals surface area (Å²) in [5, 5.41) is 2.58. The summed E-state index contributed by atoms with van der Waals surface area (Å²) in [4.78, 5) is 1.59. The van der Waals surface area contributed by atoms with Crippen LogP contribution in [0.4, 0.5) is 0 Å². The van der Waals surface area contributed by atoms with Crippen LogP contribution in [0.15, 0.2) is 52.3 Å². The summed E-state index contributed by atoms with van der Waals surface area (Å²) in [7, 11) is 0. The Morgan fingerprint density at radius 2 is 1.74 bits per heavy atom. The predicted octanol–water partition coefficient (Wildman–Crippen LogP) is 6.46. The summed E-state index contributed by atoms with van der Waals surface area (Å²) in [6.45, 7) is 2.13. The number of alkyl halides is 1. The number of hydrogen-bond donors (Lipinski definition) is 0. The first-order valence-electron chi connectivity index (χ1n) is 6.04. The lowest BCUT2D eigenvalue weighted by atomic mass is 10.0. The molecule has 0 spiro atoms. The molecule has 0 saturated carbocycles. The van der Waals surface area contributed by atoms with E-state index in [4.69, 9.17) is 0 Å². The zero-order chi connectivity index (χ0) is 13.4. The van der Waals surface area contributed by atoms with Gasteiger partial charge in [0.05, 0.1) is 8.61 Å². The molecule has 96 valence electrons. The molecule has 0 nitrogen and oxygen atoms in total. The molecule has 0 aliphatic heterocycles. The van der Waals surface area contributed by atoms with E-state index < -0.39 is 0 Å². The number of halogens is 2. The molecule has 0 saturated heterocycles. The van der Waals surface area contributed by atoms with Crippen LogP contribution in [0.1, 0.15) is 20.8 Å². The Morgan fingerprint density at radius 3 is 2.42 bits per heavy atom. The maximum atomic E-state index is 3.82. The van der Waals surface area contributed by atoms with Gasteiger partial charge in [-0.05, 0) is 56.9 Å². The standard InChI is InChI=1S/C16H12Br2S/c1-10-8-14(19-16(10)18)15(17)13-7-6-11-4-2-3-5-12(11)9-13/h2-9,15H,1H3. The molecule has 1 atom stereocenters. The maximum Gasteiger partial charge on any atom is 0.0738 e. The average molecular weight is 396 g/mol. The third kappa shape index (κ3) is 2.64. The molecule has 2 aromatic carbocycles. The van der Waals surface area contributed by atoms with Gasteiger partial charge in [0.25, 0.3) is 0 Å². The maximum absolute atomic E-state index is 3.82. The first-order valence-corrected chi connectivity index (χ1v) is 8.56. The largest absolute Gasteiger partial charge is 0.131 e. The van der Waals surface area contributed by atoms with E-state index in [1.807, 2.05) is 0 Å². The van der Waals surface area contributed by atoms with Crippen molar-refractivity contribution >= 4 is 54.0 Å². The van der Waals surface area contributed by atoms with Gasteiger partial charge in [-0.3, -0.25) is 0 Å². The third-order valence-electron chi connectivity index (χ3n) is 3.19. The summed E-state index contributed by atoms with van der Waals surface area (Å²) in [6.07, 6.45) is 0. The van der Waals surface area contributed by atoms with Gasteiger partial charge in [-0.2, -0.15) is 0 Å². The van der Waals surface area contributed by atoms with Gasteiger partial charge in [0.15, 0.2) is 0 Å². The van der Waals surface area contributed by atoms with Crippen LogP contribution in [-0.2, 0) is 0 Å². The first kappa shape index (κ1) is 13.3. The topological polar surface area (TPSA) is 0 Å². The number of fused-ring (bicyclic) bond motifs is 1. The van der Waals surface area contributed by atoms with Gasteiger partial charge in [-0.1, -0.05) is 52.3 Å². The van der Waals surface area contributed by atoms with Crippen LogP contribution in [0, 0.1) is 6.92 Å². The first-order chi connectivity index (χ1) is 9.15. The Balaban J connectivity index is 2.03. The lowest BCUT2D eigenvalue weighted by Gasteiger charge is -2.09. The van der Waals surface area contributed by atoms with Gasteiger partial charge in [0, 0.05) is 4.88 Å². The van der Waals surface area contributed by atoms with Crippen LogP contribution in [-0.4, -0.2) is 0 Å². The van der Waals surface area contributed by atoms with Gasteiger partial charge in [-0.25, -0.2) is 0 Å². The zero-order valence-corrected chi connectivity index (χ0v) is 14.3. The predicted molar refractivity (Wildman–Crippen MR) is 91.5 cm³/mol. The summed E-state index contributed by atoms with van der Waals surface area (Å²) < 4.78 is 1.22. The fourth-order valence-corrected chi connectivity index (χ4v) is 4.41. The van der Waals surface area contributed by atoms with Crippen molar-refractivity contribution in [3.63, 3.8) is 0 Å². The normalized spacial score (nSPS) is 12.8. The van der Waals surface area contributed by atoms with Crippen molar-refractivity contribution in [2.24, 2.45) is 0 Å². The molecular weight excluding hydrogens is 384 g/mol. The Kier molecular flexibility index (Phi) is 3.79. The van der Waals surface area contributed by atoms with Crippen molar-refractivity contribution in [3.05, 3.63) is 68.3 Å². The van der Waals surface area contributed by atoms with Gasteiger partial charge >= 0.3 is 0 Å². The minimum atomic E-state index is 0.257. The fourth-order valence-electron chi connectivity index (χ4n) is 2.14. The molecule has 0 radical (unpaired) electrons. The van der Waals surface area contributed by atoms with Crippen molar-refractivity contribution in [1.29, 1.82) is 0 Å². The van der Waals surface area contributed by atoms with E-state index in [9.17, 15) is 0 Å². The molecule has 0 amide bonds. The molecule has 0 aliphatic carbocycles. The van der Waals surface area contributed by atoms with Gasteiger partial charge in [0.1, 0.15) is 0 Å². The van der Waals surface area contributed by atoms with Crippen LogP contribution < -0.4 is 0 Å². The van der Waals surface area contributed by atoms with Crippen molar-refractivity contribution in [3.8, 4) is 0 Å². The van der Waals surface area contributed by atoms with E-state index in [1.54, 1.807) is 11.3 Å². The summed E-state index contributed by atoms with van der Waals surface area (Å²) in [5.74, 6) is 0. The molecular formula is C16H12Br2S. The highest BCUT2D eigenvalue weighted by Gasteiger charge is 2.14. The van der Waals surface area contributed by atoms with Crippen molar-refractivity contribution in [1.82, 2.24) is 0 Å². The minimum Gasteiger partial charge on any atom is -0.131 e. The smallest absolute Gasteiger partial charge is 0.0738 e. The van der Waals surface area contributed by atoms with E-state index in [0.717, 1.165) is 0 Å². The summed E-state index contributed by atoms with van der Waals surface area (Å²) >= 11 is 9.20. The second kappa shape index (κ2) is 5.39. The van der Waals surface area contributed by atoms with Gasteiger partial charge in [-0.15, -0.1) is 11.3 Å². The monoisotopic (exact) mass is 394 g/mol.